The third-order valence-electron chi connectivity index (χ3n) is 2.32. The van der Waals surface area contributed by atoms with Crippen LogP contribution < -0.4 is 29.6 Å². The van der Waals surface area contributed by atoms with Gasteiger partial charge in [0.15, 0.2) is 0 Å². The molecule has 0 atom stereocenters. The summed E-state index contributed by atoms with van der Waals surface area (Å²) in [5, 5.41) is 0. The van der Waals surface area contributed by atoms with Crippen LogP contribution in [0.3, 0.4) is 0 Å². The zero-order chi connectivity index (χ0) is 12.3. The molecule has 0 aliphatic heterocycles. The van der Waals surface area contributed by atoms with Crippen molar-refractivity contribution >= 4 is 11.8 Å². The summed E-state index contributed by atoms with van der Waals surface area (Å²) < 4.78 is 7.26. The van der Waals surface area contributed by atoms with Crippen molar-refractivity contribution in [3.8, 4) is 5.75 Å². The zero-order valence-electron chi connectivity index (χ0n) is 10.8. The Hall–Kier alpha value is 0.144. The van der Waals surface area contributed by atoms with Crippen LogP contribution in [0.25, 0.3) is 0 Å². The molecule has 0 bridgehead atoms. The standard InChI is InChI=1S/C14H15OS.2ClH.Ti/c1-11(2)15-13-9-5-6-10-14(13)16-12-7-3-4-8-12;;;/h3,5-7,9-11H,4H2,1-2H3;2*1H;/q;;;+2/p-2. The zero-order valence-corrected chi connectivity index (χ0v) is 14.7. The summed E-state index contributed by atoms with van der Waals surface area (Å²) in [4.78, 5) is 2.55. The van der Waals surface area contributed by atoms with Gasteiger partial charge in [0.2, 0.25) is 0 Å². The minimum Gasteiger partial charge on any atom is -1.00 e. The average Bonchev–Trinajstić information content (AvgIpc) is 2.67. The molecule has 101 valence electrons. The second kappa shape index (κ2) is 9.15. The predicted octanol–water partition coefficient (Wildman–Crippen LogP) is -1.71. The molecule has 0 radical (unpaired) electrons. The van der Waals surface area contributed by atoms with E-state index in [4.69, 9.17) is 4.74 Å². The van der Waals surface area contributed by atoms with Crippen LogP contribution in [0.15, 0.2) is 50.1 Å². The van der Waals surface area contributed by atoms with Crippen LogP contribution >= 0.6 is 11.8 Å². The summed E-state index contributed by atoms with van der Waals surface area (Å²) in [7, 11) is 0. The van der Waals surface area contributed by atoms with Crippen molar-refractivity contribution < 1.29 is 50.0 Å². The first kappa shape index (κ1) is 19.1. The van der Waals surface area contributed by atoms with Crippen molar-refractivity contribution in [3.05, 3.63) is 45.2 Å². The maximum absolute atomic E-state index is 5.82. The number of hydrogen-bond donors (Lipinski definition) is 0. The number of benzene rings is 1. The molecule has 5 heteroatoms. The molecule has 0 amide bonds. The Kier molecular flexibility index (Phi) is 9.22. The molecule has 1 aromatic carbocycles. The molecule has 1 nitrogen and oxygen atoms in total. The Labute approximate surface area is 143 Å². The van der Waals surface area contributed by atoms with Crippen molar-refractivity contribution in [3.63, 3.8) is 0 Å². The SMILES string of the molecule is CC(C)Oc1ccccc1SC1=[C]([Ti+2])CC=C1.[Cl-].[Cl-]. The summed E-state index contributed by atoms with van der Waals surface area (Å²) in [5.74, 6) is 0.980. The first-order valence-corrected chi connectivity index (χ1v) is 7.31. The summed E-state index contributed by atoms with van der Waals surface area (Å²) in [6.07, 6.45) is 5.71. The molecule has 0 unspecified atom stereocenters. The van der Waals surface area contributed by atoms with Gasteiger partial charge in [-0.05, 0) is 0 Å². The van der Waals surface area contributed by atoms with Crippen LogP contribution in [-0.2, 0) is 20.4 Å². The second-order valence-electron chi connectivity index (χ2n) is 4.16. The van der Waals surface area contributed by atoms with E-state index in [0.717, 1.165) is 12.2 Å². The van der Waals surface area contributed by atoms with Crippen LogP contribution in [0.4, 0.5) is 0 Å². The molecule has 0 spiro atoms. The quantitative estimate of drug-likeness (QED) is 0.599. The van der Waals surface area contributed by atoms with Crippen molar-refractivity contribution in [1.82, 2.24) is 0 Å². The monoisotopic (exact) mass is 349 g/mol. The molecule has 1 aliphatic rings. The van der Waals surface area contributed by atoms with Gasteiger partial charge >= 0.3 is 119 Å². The van der Waals surface area contributed by atoms with Crippen molar-refractivity contribution in [2.75, 3.05) is 0 Å². The van der Waals surface area contributed by atoms with E-state index in [-0.39, 0.29) is 30.9 Å². The number of thioether (sulfide) groups is 1. The van der Waals surface area contributed by atoms with Crippen LogP contribution in [0.2, 0.25) is 0 Å². The number of halogens is 2. The summed E-state index contributed by atoms with van der Waals surface area (Å²) in [6, 6.07) is 8.24. The van der Waals surface area contributed by atoms with Crippen molar-refractivity contribution in [1.29, 1.82) is 0 Å². The predicted molar refractivity (Wildman–Crippen MR) is 68.8 cm³/mol. The fourth-order valence-corrected chi connectivity index (χ4v) is 3.11. The smallest absolute Gasteiger partial charge is 1.00 e. The summed E-state index contributed by atoms with van der Waals surface area (Å²) in [6.45, 7) is 4.11. The first-order valence-electron chi connectivity index (χ1n) is 5.71. The average molecular weight is 350 g/mol. The maximum atomic E-state index is 5.82. The number of ether oxygens (including phenoxy) is 1. The van der Waals surface area contributed by atoms with Gasteiger partial charge in [-0.15, -0.1) is 0 Å². The third-order valence-corrected chi connectivity index (χ3v) is 4.50. The molecule has 0 aromatic heterocycles. The van der Waals surface area contributed by atoms with E-state index >= 15 is 0 Å². The minimum absolute atomic E-state index is 0. The molecule has 19 heavy (non-hydrogen) atoms. The van der Waals surface area contributed by atoms with Gasteiger partial charge in [-0.2, -0.15) is 0 Å². The van der Waals surface area contributed by atoms with Crippen molar-refractivity contribution in [2.45, 2.75) is 31.3 Å². The van der Waals surface area contributed by atoms with E-state index in [1.807, 2.05) is 12.1 Å². The Morgan fingerprint density at radius 3 is 2.47 bits per heavy atom. The van der Waals surface area contributed by atoms with Gasteiger partial charge in [-0.1, -0.05) is 0 Å². The molecule has 0 saturated heterocycles. The Bertz CT molecular complexity index is 472. The van der Waals surface area contributed by atoms with Gasteiger partial charge in [0.1, 0.15) is 0 Å². The second-order valence-corrected chi connectivity index (χ2v) is 6.19. The molecular formula is C14H15Cl2OSTi. The minimum atomic E-state index is 0. The van der Waals surface area contributed by atoms with E-state index < -0.39 is 0 Å². The van der Waals surface area contributed by atoms with E-state index in [0.29, 0.717) is 0 Å². The van der Waals surface area contributed by atoms with Gasteiger partial charge in [0.25, 0.3) is 0 Å². The number of hydrogen-bond acceptors (Lipinski definition) is 2. The summed E-state index contributed by atoms with van der Waals surface area (Å²) >= 11 is 3.98. The van der Waals surface area contributed by atoms with Crippen LogP contribution in [-0.4, -0.2) is 6.10 Å². The fourth-order valence-electron chi connectivity index (χ4n) is 1.58. The number of allylic oxidation sites excluding steroid dienone is 3. The molecule has 1 aliphatic carbocycles. The molecule has 1 aromatic rings. The molecular weight excluding hydrogens is 335 g/mol. The van der Waals surface area contributed by atoms with E-state index in [1.165, 1.54) is 13.7 Å². The number of rotatable bonds is 4. The Balaban J connectivity index is 0.00000162. The van der Waals surface area contributed by atoms with Crippen LogP contribution in [0.5, 0.6) is 5.75 Å². The van der Waals surface area contributed by atoms with Crippen LogP contribution in [0.1, 0.15) is 20.3 Å². The largest absolute Gasteiger partial charge is 1.00 e. The Morgan fingerprint density at radius 1 is 1.21 bits per heavy atom. The van der Waals surface area contributed by atoms with Gasteiger partial charge < -0.3 is 24.8 Å². The van der Waals surface area contributed by atoms with E-state index in [2.05, 4.69) is 58.6 Å². The molecule has 0 N–H and O–H groups in total. The Morgan fingerprint density at radius 2 is 1.89 bits per heavy atom. The van der Waals surface area contributed by atoms with Gasteiger partial charge in [0.05, 0.1) is 0 Å². The van der Waals surface area contributed by atoms with E-state index in [9.17, 15) is 0 Å². The molecule has 0 saturated carbocycles. The van der Waals surface area contributed by atoms with Gasteiger partial charge in [-0.3, -0.25) is 0 Å². The molecule has 0 fully saturated rings. The number of para-hydroxylation sites is 1. The van der Waals surface area contributed by atoms with Gasteiger partial charge in [0, 0.05) is 0 Å². The first-order chi connectivity index (χ1) is 8.16. The molecule has 0 heterocycles. The van der Waals surface area contributed by atoms with Crippen molar-refractivity contribution in [2.24, 2.45) is 0 Å². The van der Waals surface area contributed by atoms with Crippen LogP contribution in [0, 0.1) is 0 Å². The maximum Gasteiger partial charge on any atom is -1.00 e. The topological polar surface area (TPSA) is 9.23 Å². The fraction of sp³-hybridized carbons (Fsp3) is 0.286. The third kappa shape index (κ3) is 5.57. The summed E-state index contributed by atoms with van der Waals surface area (Å²) in [5.41, 5.74) is 0. The normalized spacial score (nSPS) is 13.3. The van der Waals surface area contributed by atoms with Gasteiger partial charge in [-0.25, -0.2) is 0 Å². The molecule has 2 rings (SSSR count). The van der Waals surface area contributed by atoms with E-state index in [1.54, 1.807) is 11.8 Å².